The summed E-state index contributed by atoms with van der Waals surface area (Å²) < 4.78 is 10.6. The fourth-order valence-electron chi connectivity index (χ4n) is 3.77. The molecule has 0 saturated heterocycles. The molecule has 0 fully saturated rings. The molecule has 8 heteroatoms. The molecule has 3 heterocycles. The van der Waals surface area contributed by atoms with Gasteiger partial charge in [0.2, 0.25) is 5.91 Å². The minimum atomic E-state index is -0.190. The summed E-state index contributed by atoms with van der Waals surface area (Å²) in [4.78, 5) is 33.9. The van der Waals surface area contributed by atoms with Crippen LogP contribution in [0.2, 0.25) is 0 Å². The molecule has 5 aromatic rings. The number of nitrogens with zero attached hydrogens (tertiary/aromatic N) is 5. The number of hydrogen-bond donors (Lipinski definition) is 0. The fraction of sp³-hybridized carbons (Fsp3) is 0.130. The molecule has 0 aliphatic carbocycles. The topological polar surface area (TPSA) is 83.9 Å². The van der Waals surface area contributed by atoms with Gasteiger partial charge >= 0.3 is 11.7 Å². The third-order valence-electron chi connectivity index (χ3n) is 5.16. The van der Waals surface area contributed by atoms with Crippen LogP contribution in [0.1, 0.15) is 18.6 Å². The minimum Gasteiger partial charge on any atom is -0.425 e. The van der Waals surface area contributed by atoms with Gasteiger partial charge in [0.25, 0.3) is 0 Å². The van der Waals surface area contributed by atoms with Gasteiger partial charge in [0.1, 0.15) is 5.75 Å². The Morgan fingerprint density at radius 1 is 1.00 bits per heavy atom. The van der Waals surface area contributed by atoms with E-state index in [9.17, 15) is 9.59 Å². The van der Waals surface area contributed by atoms with E-state index in [2.05, 4.69) is 9.97 Å². The van der Waals surface area contributed by atoms with Gasteiger partial charge in [-0.2, -0.15) is 4.98 Å². The number of hydrogen-bond acceptors (Lipinski definition) is 5. The van der Waals surface area contributed by atoms with Crippen molar-refractivity contribution in [1.82, 2.24) is 23.7 Å². The lowest BCUT2D eigenvalue weighted by Gasteiger charge is -2.08. The first-order valence-corrected chi connectivity index (χ1v) is 9.91. The molecule has 8 nitrogen and oxygen atoms in total. The Hall–Kier alpha value is -4.20. The van der Waals surface area contributed by atoms with E-state index in [1.165, 1.54) is 11.5 Å². The Kier molecular flexibility index (Phi) is 4.39. The zero-order valence-electron chi connectivity index (χ0n) is 17.0. The number of carbonyl (C=O) groups is 1. The standard InChI is InChI=1S/C23H19N5O3/c1-3-26-20-9-6-14-24-21(20)28(23(26)30)16-10-12-17(13-11-16)31-22-25-18-7-4-5-8-19(18)27(22)15(2)29/h4-14H,3H2,1-2H3. The van der Waals surface area contributed by atoms with Gasteiger partial charge in [-0.25, -0.2) is 18.9 Å². The predicted molar refractivity (Wildman–Crippen MR) is 117 cm³/mol. The van der Waals surface area contributed by atoms with Crippen LogP contribution in [-0.4, -0.2) is 29.6 Å². The molecule has 0 saturated carbocycles. The maximum Gasteiger partial charge on any atom is 0.334 e. The van der Waals surface area contributed by atoms with Crippen LogP contribution in [0, 0.1) is 0 Å². The highest BCUT2D eigenvalue weighted by Crippen LogP contribution is 2.27. The Labute approximate surface area is 177 Å². The SMILES string of the molecule is CCn1c(=O)n(-c2ccc(Oc3nc4ccccc4n3C(C)=O)cc2)c2ncccc21. The van der Waals surface area contributed by atoms with Crippen LogP contribution in [0.5, 0.6) is 11.8 Å². The smallest absolute Gasteiger partial charge is 0.334 e. The lowest BCUT2D eigenvalue weighted by atomic mass is 10.3. The van der Waals surface area contributed by atoms with Crippen molar-refractivity contribution in [3.05, 3.63) is 77.3 Å². The van der Waals surface area contributed by atoms with Gasteiger partial charge in [-0.3, -0.25) is 9.36 Å². The lowest BCUT2D eigenvalue weighted by molar-refractivity contribution is 0.0933. The second kappa shape index (κ2) is 7.24. The highest BCUT2D eigenvalue weighted by Gasteiger charge is 2.17. The summed E-state index contributed by atoms with van der Waals surface area (Å²) in [7, 11) is 0. The van der Waals surface area contributed by atoms with E-state index in [1.54, 1.807) is 39.6 Å². The Morgan fingerprint density at radius 3 is 2.48 bits per heavy atom. The summed E-state index contributed by atoms with van der Waals surface area (Å²) in [5, 5.41) is 0. The van der Waals surface area contributed by atoms with Crippen molar-refractivity contribution >= 4 is 28.1 Å². The number of carbonyl (C=O) groups excluding carboxylic acids is 1. The summed E-state index contributed by atoms with van der Waals surface area (Å²) >= 11 is 0. The van der Waals surface area contributed by atoms with E-state index >= 15 is 0 Å². The molecule has 0 aliphatic heterocycles. The number of ether oxygens (including phenoxy) is 1. The summed E-state index contributed by atoms with van der Waals surface area (Å²) in [5.74, 6) is 0.312. The Balaban J connectivity index is 1.54. The van der Waals surface area contributed by atoms with Crippen LogP contribution in [-0.2, 0) is 6.54 Å². The number of pyridine rings is 1. The molecule has 3 aromatic heterocycles. The minimum absolute atomic E-state index is 0.150. The first-order chi connectivity index (χ1) is 15.1. The summed E-state index contributed by atoms with van der Waals surface area (Å²) in [5.41, 5.74) is 3.27. The molecule has 0 amide bonds. The van der Waals surface area contributed by atoms with Crippen molar-refractivity contribution in [3.63, 3.8) is 0 Å². The molecule has 0 unspecified atom stereocenters. The van der Waals surface area contributed by atoms with Crippen LogP contribution in [0.15, 0.2) is 71.7 Å². The summed E-state index contributed by atoms with van der Waals surface area (Å²) in [6, 6.07) is 18.3. The van der Waals surface area contributed by atoms with Gasteiger partial charge in [-0.1, -0.05) is 12.1 Å². The van der Waals surface area contributed by atoms with E-state index in [1.807, 2.05) is 43.3 Å². The molecule has 0 radical (unpaired) electrons. The zero-order valence-corrected chi connectivity index (χ0v) is 17.0. The molecule has 31 heavy (non-hydrogen) atoms. The maximum atomic E-state index is 12.9. The van der Waals surface area contributed by atoms with E-state index < -0.39 is 0 Å². The zero-order chi connectivity index (χ0) is 21.5. The quantitative estimate of drug-likeness (QED) is 0.445. The molecule has 0 spiro atoms. The van der Waals surface area contributed by atoms with Crippen LogP contribution < -0.4 is 10.4 Å². The van der Waals surface area contributed by atoms with E-state index in [0.717, 1.165) is 5.52 Å². The van der Waals surface area contributed by atoms with E-state index in [4.69, 9.17) is 4.74 Å². The monoisotopic (exact) mass is 413 g/mol. The first-order valence-electron chi connectivity index (χ1n) is 9.91. The van der Waals surface area contributed by atoms with Crippen molar-refractivity contribution in [1.29, 1.82) is 0 Å². The number of rotatable bonds is 4. The molecule has 5 rings (SSSR count). The predicted octanol–water partition coefficient (Wildman–Crippen LogP) is 4.01. The Morgan fingerprint density at radius 2 is 1.74 bits per heavy atom. The average molecular weight is 413 g/mol. The van der Waals surface area contributed by atoms with E-state index in [-0.39, 0.29) is 17.6 Å². The van der Waals surface area contributed by atoms with Gasteiger partial charge in [0.15, 0.2) is 5.65 Å². The molecule has 154 valence electrons. The molecule has 2 aromatic carbocycles. The highest BCUT2D eigenvalue weighted by atomic mass is 16.5. The second-order valence-electron chi connectivity index (χ2n) is 7.04. The van der Waals surface area contributed by atoms with Crippen molar-refractivity contribution in [2.75, 3.05) is 0 Å². The molecule has 0 atom stereocenters. The molecule has 0 aliphatic rings. The van der Waals surface area contributed by atoms with Gasteiger partial charge in [-0.05, 0) is 55.5 Å². The third-order valence-corrected chi connectivity index (χ3v) is 5.16. The Bertz CT molecular complexity index is 1490. The normalized spacial score (nSPS) is 11.3. The lowest BCUT2D eigenvalue weighted by Crippen LogP contribution is -2.22. The highest BCUT2D eigenvalue weighted by molar-refractivity contribution is 5.90. The van der Waals surface area contributed by atoms with Gasteiger partial charge in [-0.15, -0.1) is 0 Å². The van der Waals surface area contributed by atoms with Crippen molar-refractivity contribution in [2.45, 2.75) is 20.4 Å². The number of para-hydroxylation sites is 2. The summed E-state index contributed by atoms with van der Waals surface area (Å²) in [6.07, 6.45) is 1.67. The molecular formula is C23H19N5O3. The molecular weight excluding hydrogens is 394 g/mol. The second-order valence-corrected chi connectivity index (χ2v) is 7.04. The van der Waals surface area contributed by atoms with Gasteiger partial charge < -0.3 is 4.74 Å². The fourth-order valence-corrected chi connectivity index (χ4v) is 3.77. The van der Waals surface area contributed by atoms with Crippen LogP contribution in [0.25, 0.3) is 27.9 Å². The molecule has 0 N–H and O–H groups in total. The first kappa shape index (κ1) is 18.8. The van der Waals surface area contributed by atoms with Crippen molar-refractivity contribution < 1.29 is 9.53 Å². The van der Waals surface area contributed by atoms with Crippen molar-refractivity contribution in [3.8, 4) is 17.4 Å². The van der Waals surface area contributed by atoms with Gasteiger partial charge in [0, 0.05) is 19.7 Å². The molecule has 0 bridgehead atoms. The average Bonchev–Trinajstić information content (AvgIpc) is 3.28. The number of fused-ring (bicyclic) bond motifs is 2. The van der Waals surface area contributed by atoms with Crippen LogP contribution in [0.4, 0.5) is 0 Å². The number of aryl methyl sites for hydroxylation is 1. The maximum absolute atomic E-state index is 12.9. The summed E-state index contributed by atoms with van der Waals surface area (Å²) in [6.45, 7) is 3.94. The van der Waals surface area contributed by atoms with Crippen molar-refractivity contribution in [2.24, 2.45) is 0 Å². The van der Waals surface area contributed by atoms with Gasteiger partial charge in [0.05, 0.1) is 22.2 Å². The number of aromatic nitrogens is 5. The number of imidazole rings is 2. The van der Waals surface area contributed by atoms with E-state index in [0.29, 0.717) is 34.7 Å². The third kappa shape index (κ3) is 3.00. The van der Waals surface area contributed by atoms with Crippen LogP contribution in [0.3, 0.4) is 0 Å². The van der Waals surface area contributed by atoms with Crippen LogP contribution >= 0.6 is 0 Å². The number of benzene rings is 2. The largest absolute Gasteiger partial charge is 0.425 e.